The molecule has 0 saturated heterocycles. The number of nitrogens with zero attached hydrogens (tertiary/aromatic N) is 2. The molecule has 0 spiro atoms. The van der Waals surface area contributed by atoms with Crippen molar-refractivity contribution in [2.24, 2.45) is 0 Å². The Morgan fingerprint density at radius 2 is 1.82 bits per heavy atom. The summed E-state index contributed by atoms with van der Waals surface area (Å²) in [4.78, 5) is 13.3. The minimum absolute atomic E-state index is 0.0172. The SMILES string of the molecule is Cc1cc(OCc2c(-c3ccccc3OC(F)(F)F)noc2C(C)C)ccc1N(C)Cc1cccc(C(=O)O)c1. The van der Waals surface area contributed by atoms with E-state index in [9.17, 15) is 23.1 Å². The molecule has 210 valence electrons. The summed E-state index contributed by atoms with van der Waals surface area (Å²) in [7, 11) is 1.91. The standard InChI is InChI=1S/C30H29F3N2O5/c1-18(2)28-24(27(34-40-28)23-10-5-6-11-26(23)39-30(31,32)33)17-38-22-12-13-25(19(3)14-22)35(4)16-20-8-7-9-21(15-20)29(36)37/h5-15,18H,16-17H2,1-4H3,(H,36,37). The third kappa shape index (κ3) is 6.74. The molecule has 0 saturated carbocycles. The Kier molecular flexibility index (Phi) is 8.37. The molecule has 0 aliphatic rings. The Morgan fingerprint density at radius 3 is 2.50 bits per heavy atom. The molecule has 1 aromatic heterocycles. The normalized spacial score (nSPS) is 11.5. The number of anilines is 1. The fraction of sp³-hybridized carbons (Fsp3) is 0.267. The van der Waals surface area contributed by atoms with E-state index in [1.165, 1.54) is 18.2 Å². The second-order valence-electron chi connectivity index (χ2n) is 9.67. The van der Waals surface area contributed by atoms with Gasteiger partial charge >= 0.3 is 12.3 Å². The molecule has 0 aliphatic heterocycles. The summed E-state index contributed by atoms with van der Waals surface area (Å²) in [6.45, 7) is 6.24. The van der Waals surface area contributed by atoms with Crippen molar-refractivity contribution in [1.82, 2.24) is 5.16 Å². The molecular weight excluding hydrogens is 525 g/mol. The topological polar surface area (TPSA) is 85.0 Å². The van der Waals surface area contributed by atoms with E-state index in [-0.39, 0.29) is 35.1 Å². The molecular formula is C30H29F3N2O5. The van der Waals surface area contributed by atoms with Gasteiger partial charge in [-0.1, -0.05) is 43.3 Å². The lowest BCUT2D eigenvalue weighted by Gasteiger charge is -2.22. The lowest BCUT2D eigenvalue weighted by Crippen LogP contribution is -2.18. The summed E-state index contributed by atoms with van der Waals surface area (Å²) < 4.78 is 54.9. The predicted octanol–water partition coefficient (Wildman–Crippen LogP) is 7.59. The number of hydrogen-bond acceptors (Lipinski definition) is 6. The van der Waals surface area contributed by atoms with E-state index < -0.39 is 12.3 Å². The monoisotopic (exact) mass is 554 g/mol. The van der Waals surface area contributed by atoms with Gasteiger partial charge in [0.2, 0.25) is 0 Å². The number of carbonyl (C=O) groups is 1. The molecule has 40 heavy (non-hydrogen) atoms. The van der Waals surface area contributed by atoms with Gasteiger partial charge in [0.15, 0.2) is 0 Å². The number of carboxylic acid groups (broad SMARTS) is 1. The second kappa shape index (κ2) is 11.7. The van der Waals surface area contributed by atoms with Gasteiger partial charge in [-0.25, -0.2) is 4.79 Å². The minimum atomic E-state index is -4.86. The van der Waals surface area contributed by atoms with Gasteiger partial charge in [0.25, 0.3) is 0 Å². The Morgan fingerprint density at radius 1 is 1.07 bits per heavy atom. The molecule has 1 heterocycles. The van der Waals surface area contributed by atoms with E-state index in [0.29, 0.717) is 23.6 Å². The number of ether oxygens (including phenoxy) is 2. The fourth-order valence-electron chi connectivity index (χ4n) is 4.47. The van der Waals surface area contributed by atoms with Gasteiger partial charge in [-0.3, -0.25) is 0 Å². The molecule has 0 bridgehead atoms. The Balaban J connectivity index is 1.55. The van der Waals surface area contributed by atoms with Crippen molar-refractivity contribution in [2.45, 2.75) is 46.2 Å². The minimum Gasteiger partial charge on any atom is -0.489 e. The number of alkyl halides is 3. The average Bonchev–Trinajstić information content (AvgIpc) is 3.31. The molecule has 3 aromatic carbocycles. The number of aromatic nitrogens is 1. The van der Waals surface area contributed by atoms with Crippen LogP contribution in [0.2, 0.25) is 0 Å². The van der Waals surface area contributed by atoms with E-state index >= 15 is 0 Å². The van der Waals surface area contributed by atoms with Gasteiger partial charge in [0.05, 0.1) is 11.1 Å². The molecule has 10 heteroatoms. The smallest absolute Gasteiger partial charge is 0.489 e. The van der Waals surface area contributed by atoms with Crippen LogP contribution < -0.4 is 14.4 Å². The molecule has 4 aromatic rings. The molecule has 0 unspecified atom stereocenters. The first-order valence-corrected chi connectivity index (χ1v) is 12.5. The van der Waals surface area contributed by atoms with E-state index in [4.69, 9.17) is 9.26 Å². The summed E-state index contributed by atoms with van der Waals surface area (Å²) in [6.07, 6.45) is -4.86. The molecule has 0 radical (unpaired) electrons. The third-order valence-corrected chi connectivity index (χ3v) is 6.27. The summed E-state index contributed by atoms with van der Waals surface area (Å²) >= 11 is 0. The summed E-state index contributed by atoms with van der Waals surface area (Å²) in [6, 6.07) is 18.1. The number of aryl methyl sites for hydroxylation is 1. The van der Waals surface area contributed by atoms with Crippen LogP contribution in [0.5, 0.6) is 11.5 Å². The highest BCUT2D eigenvalue weighted by Crippen LogP contribution is 2.38. The van der Waals surface area contributed by atoms with Crippen LogP contribution >= 0.6 is 0 Å². The van der Waals surface area contributed by atoms with Crippen LogP contribution in [-0.4, -0.2) is 29.6 Å². The van der Waals surface area contributed by atoms with Gasteiger partial charge in [0, 0.05) is 30.8 Å². The fourth-order valence-corrected chi connectivity index (χ4v) is 4.47. The zero-order valence-electron chi connectivity index (χ0n) is 22.5. The van der Waals surface area contributed by atoms with E-state index in [0.717, 1.165) is 16.8 Å². The summed E-state index contributed by atoms with van der Waals surface area (Å²) in [5.74, 6) is -0.377. The molecule has 0 amide bonds. The zero-order chi connectivity index (χ0) is 29.0. The zero-order valence-corrected chi connectivity index (χ0v) is 22.5. The van der Waals surface area contributed by atoms with Gasteiger partial charge in [-0.15, -0.1) is 13.2 Å². The van der Waals surface area contributed by atoms with Crippen molar-refractivity contribution in [3.8, 4) is 22.8 Å². The molecule has 1 N–H and O–H groups in total. The lowest BCUT2D eigenvalue weighted by molar-refractivity contribution is -0.274. The molecule has 0 aliphatic carbocycles. The van der Waals surface area contributed by atoms with Crippen molar-refractivity contribution < 1.29 is 37.1 Å². The van der Waals surface area contributed by atoms with E-state index in [1.807, 2.05) is 50.9 Å². The van der Waals surface area contributed by atoms with Gasteiger partial charge in [-0.05, 0) is 60.5 Å². The Hall–Kier alpha value is -4.47. The van der Waals surface area contributed by atoms with Crippen LogP contribution in [0.15, 0.2) is 71.3 Å². The third-order valence-electron chi connectivity index (χ3n) is 6.27. The predicted molar refractivity (Wildman–Crippen MR) is 144 cm³/mol. The van der Waals surface area contributed by atoms with Crippen molar-refractivity contribution in [2.75, 3.05) is 11.9 Å². The number of rotatable bonds is 10. The van der Waals surface area contributed by atoms with Crippen LogP contribution in [0, 0.1) is 6.92 Å². The average molecular weight is 555 g/mol. The number of hydrogen-bond donors (Lipinski definition) is 1. The van der Waals surface area contributed by atoms with Gasteiger partial charge in [-0.2, -0.15) is 0 Å². The van der Waals surface area contributed by atoms with E-state index in [2.05, 4.69) is 9.89 Å². The number of carboxylic acids is 1. The molecule has 4 rings (SSSR count). The first-order valence-electron chi connectivity index (χ1n) is 12.5. The quantitative estimate of drug-likeness (QED) is 0.216. The van der Waals surface area contributed by atoms with Crippen LogP contribution in [0.4, 0.5) is 18.9 Å². The highest BCUT2D eigenvalue weighted by Gasteiger charge is 2.33. The Labute approximate surface area is 229 Å². The first kappa shape index (κ1) is 28.5. The van der Waals surface area contributed by atoms with Crippen molar-refractivity contribution in [3.05, 3.63) is 94.7 Å². The second-order valence-corrected chi connectivity index (χ2v) is 9.67. The highest BCUT2D eigenvalue weighted by atomic mass is 19.4. The molecule has 0 fully saturated rings. The van der Waals surface area contributed by atoms with E-state index in [1.54, 1.807) is 30.3 Å². The van der Waals surface area contributed by atoms with Crippen LogP contribution in [0.1, 0.15) is 52.6 Å². The number of benzene rings is 3. The van der Waals surface area contributed by atoms with Gasteiger partial charge < -0.3 is 24.0 Å². The Bertz CT molecular complexity index is 1500. The molecule has 0 atom stereocenters. The maximum absolute atomic E-state index is 13.0. The molecule has 7 nitrogen and oxygen atoms in total. The summed E-state index contributed by atoms with van der Waals surface area (Å²) in [5, 5.41) is 13.3. The maximum atomic E-state index is 13.0. The largest absolute Gasteiger partial charge is 0.573 e. The lowest BCUT2D eigenvalue weighted by atomic mass is 10.0. The van der Waals surface area contributed by atoms with Crippen LogP contribution in [-0.2, 0) is 13.2 Å². The van der Waals surface area contributed by atoms with Crippen molar-refractivity contribution in [3.63, 3.8) is 0 Å². The van der Waals surface area contributed by atoms with Crippen molar-refractivity contribution in [1.29, 1.82) is 0 Å². The summed E-state index contributed by atoms with van der Waals surface area (Å²) in [5.41, 5.74) is 3.85. The van der Waals surface area contributed by atoms with Gasteiger partial charge in [0.1, 0.15) is 29.6 Å². The van der Waals surface area contributed by atoms with Crippen LogP contribution in [0.25, 0.3) is 11.3 Å². The van der Waals surface area contributed by atoms with Crippen LogP contribution in [0.3, 0.4) is 0 Å². The number of para-hydroxylation sites is 1. The first-order chi connectivity index (χ1) is 18.9. The maximum Gasteiger partial charge on any atom is 0.573 e. The number of halogens is 3. The number of aromatic carboxylic acids is 1. The highest BCUT2D eigenvalue weighted by molar-refractivity contribution is 5.87. The van der Waals surface area contributed by atoms with Crippen molar-refractivity contribution >= 4 is 11.7 Å².